The molecule has 1 atom stereocenters. The molecule has 0 aliphatic carbocycles. The molecule has 2 N–H and O–H groups in total. The molecule has 1 nitrogen and oxygen atoms in total. The molecule has 0 spiro atoms. The molecule has 0 saturated heterocycles. The predicted octanol–water partition coefficient (Wildman–Crippen LogP) is 4.44. The van der Waals surface area contributed by atoms with E-state index in [4.69, 9.17) is 5.73 Å². The fraction of sp³-hybridized carbons (Fsp3) is 0.368. The van der Waals surface area contributed by atoms with Crippen molar-refractivity contribution in [2.24, 2.45) is 11.7 Å². The first kappa shape index (κ1) is 15.7. The second kappa shape index (κ2) is 6.40. The highest BCUT2D eigenvalue weighted by atomic mass is 19.1. The minimum absolute atomic E-state index is 0.187. The second-order valence-electron chi connectivity index (χ2n) is 6.48. The Balaban J connectivity index is 2.25. The van der Waals surface area contributed by atoms with Gasteiger partial charge in [0, 0.05) is 5.54 Å². The summed E-state index contributed by atoms with van der Waals surface area (Å²) in [7, 11) is 0. The van der Waals surface area contributed by atoms with Gasteiger partial charge in [0.1, 0.15) is 5.82 Å². The standard InChI is InChI=1S/C19H24FN/c1-14(2)11-15-7-6-9-17(12-15)19(3,21)13-16-8-4-5-10-18(16)20/h4-10,12,14H,11,13,21H2,1-3H3. The van der Waals surface area contributed by atoms with Crippen molar-refractivity contribution in [1.29, 1.82) is 0 Å². The van der Waals surface area contributed by atoms with Crippen LogP contribution in [-0.4, -0.2) is 0 Å². The first-order valence-corrected chi connectivity index (χ1v) is 7.50. The van der Waals surface area contributed by atoms with Gasteiger partial charge in [0.25, 0.3) is 0 Å². The lowest BCUT2D eigenvalue weighted by atomic mass is 9.85. The van der Waals surface area contributed by atoms with Crippen LogP contribution in [0, 0.1) is 11.7 Å². The van der Waals surface area contributed by atoms with E-state index in [1.165, 1.54) is 11.6 Å². The molecular weight excluding hydrogens is 261 g/mol. The normalized spacial score (nSPS) is 14.2. The molecule has 2 rings (SSSR count). The van der Waals surface area contributed by atoms with E-state index in [-0.39, 0.29) is 5.82 Å². The van der Waals surface area contributed by atoms with Crippen molar-refractivity contribution in [3.05, 3.63) is 71.0 Å². The highest BCUT2D eigenvalue weighted by Crippen LogP contribution is 2.25. The average molecular weight is 285 g/mol. The number of hydrogen-bond acceptors (Lipinski definition) is 1. The van der Waals surface area contributed by atoms with Gasteiger partial charge in [-0.25, -0.2) is 4.39 Å². The van der Waals surface area contributed by atoms with Crippen molar-refractivity contribution >= 4 is 0 Å². The van der Waals surface area contributed by atoms with Crippen LogP contribution in [0.15, 0.2) is 48.5 Å². The predicted molar refractivity (Wildman–Crippen MR) is 86.6 cm³/mol. The second-order valence-corrected chi connectivity index (χ2v) is 6.48. The van der Waals surface area contributed by atoms with Gasteiger partial charge >= 0.3 is 0 Å². The maximum atomic E-state index is 13.8. The van der Waals surface area contributed by atoms with E-state index in [1.807, 2.05) is 25.1 Å². The van der Waals surface area contributed by atoms with Gasteiger partial charge in [-0.2, -0.15) is 0 Å². The van der Waals surface area contributed by atoms with Gasteiger partial charge in [0.2, 0.25) is 0 Å². The van der Waals surface area contributed by atoms with Crippen molar-refractivity contribution in [2.45, 2.75) is 39.2 Å². The van der Waals surface area contributed by atoms with E-state index in [0.717, 1.165) is 12.0 Å². The Hall–Kier alpha value is -1.67. The van der Waals surface area contributed by atoms with E-state index in [0.29, 0.717) is 17.9 Å². The topological polar surface area (TPSA) is 26.0 Å². The zero-order valence-electron chi connectivity index (χ0n) is 13.1. The Labute approximate surface area is 127 Å². The van der Waals surface area contributed by atoms with Gasteiger partial charge < -0.3 is 5.73 Å². The van der Waals surface area contributed by atoms with Crippen LogP contribution in [0.3, 0.4) is 0 Å². The molecule has 0 bridgehead atoms. The average Bonchev–Trinajstić information content (AvgIpc) is 2.41. The van der Waals surface area contributed by atoms with Gasteiger partial charge in [-0.15, -0.1) is 0 Å². The number of halogens is 1. The maximum absolute atomic E-state index is 13.8. The number of rotatable bonds is 5. The van der Waals surface area contributed by atoms with E-state index >= 15 is 0 Å². The largest absolute Gasteiger partial charge is 0.321 e. The molecule has 0 aromatic heterocycles. The summed E-state index contributed by atoms with van der Waals surface area (Å²) in [6, 6.07) is 15.2. The maximum Gasteiger partial charge on any atom is 0.126 e. The first-order valence-electron chi connectivity index (χ1n) is 7.50. The van der Waals surface area contributed by atoms with Crippen LogP contribution in [-0.2, 0) is 18.4 Å². The summed E-state index contributed by atoms with van der Waals surface area (Å²) in [5, 5.41) is 0. The summed E-state index contributed by atoms with van der Waals surface area (Å²) >= 11 is 0. The van der Waals surface area contributed by atoms with Gasteiger partial charge in [0.15, 0.2) is 0 Å². The van der Waals surface area contributed by atoms with Crippen molar-refractivity contribution < 1.29 is 4.39 Å². The highest BCUT2D eigenvalue weighted by Gasteiger charge is 2.23. The first-order chi connectivity index (χ1) is 9.88. The molecule has 0 heterocycles. The molecular formula is C19H24FN. The molecule has 0 fully saturated rings. The SMILES string of the molecule is CC(C)Cc1cccc(C(C)(N)Cc2ccccc2F)c1. The minimum atomic E-state index is -0.574. The smallest absolute Gasteiger partial charge is 0.126 e. The Morgan fingerprint density at radius 2 is 1.81 bits per heavy atom. The third-order valence-electron chi connectivity index (χ3n) is 3.75. The fourth-order valence-electron chi connectivity index (χ4n) is 2.66. The Morgan fingerprint density at radius 1 is 1.10 bits per heavy atom. The summed E-state index contributed by atoms with van der Waals surface area (Å²) in [5.41, 5.74) is 8.91. The van der Waals surface area contributed by atoms with Gasteiger partial charge in [-0.05, 0) is 48.4 Å². The lowest BCUT2D eigenvalue weighted by molar-refractivity contribution is 0.474. The number of benzene rings is 2. The van der Waals surface area contributed by atoms with E-state index in [2.05, 4.69) is 26.0 Å². The summed E-state index contributed by atoms with van der Waals surface area (Å²) in [5.74, 6) is 0.420. The van der Waals surface area contributed by atoms with Crippen LogP contribution in [0.5, 0.6) is 0 Å². The fourth-order valence-corrected chi connectivity index (χ4v) is 2.66. The molecule has 21 heavy (non-hydrogen) atoms. The van der Waals surface area contributed by atoms with E-state index in [9.17, 15) is 4.39 Å². The summed E-state index contributed by atoms with van der Waals surface area (Å²) in [4.78, 5) is 0. The van der Waals surface area contributed by atoms with Crippen LogP contribution >= 0.6 is 0 Å². The summed E-state index contributed by atoms with van der Waals surface area (Å²) in [6.07, 6.45) is 1.52. The molecule has 2 aromatic carbocycles. The van der Waals surface area contributed by atoms with Crippen molar-refractivity contribution in [1.82, 2.24) is 0 Å². The molecule has 112 valence electrons. The Morgan fingerprint density at radius 3 is 2.48 bits per heavy atom. The zero-order chi connectivity index (χ0) is 15.5. The van der Waals surface area contributed by atoms with Gasteiger partial charge in [-0.1, -0.05) is 56.3 Å². The van der Waals surface area contributed by atoms with Crippen LogP contribution in [0.2, 0.25) is 0 Å². The molecule has 0 amide bonds. The summed E-state index contributed by atoms with van der Waals surface area (Å²) < 4.78 is 13.8. The van der Waals surface area contributed by atoms with Crippen molar-refractivity contribution in [2.75, 3.05) is 0 Å². The molecule has 0 aliphatic rings. The third-order valence-corrected chi connectivity index (χ3v) is 3.75. The van der Waals surface area contributed by atoms with Crippen molar-refractivity contribution in [3.63, 3.8) is 0 Å². The molecule has 2 heteroatoms. The molecule has 0 saturated carbocycles. The van der Waals surface area contributed by atoms with E-state index < -0.39 is 5.54 Å². The highest BCUT2D eigenvalue weighted by molar-refractivity contribution is 5.32. The molecule has 2 aromatic rings. The monoisotopic (exact) mass is 285 g/mol. The summed E-state index contributed by atoms with van der Waals surface area (Å²) in [6.45, 7) is 6.37. The zero-order valence-corrected chi connectivity index (χ0v) is 13.1. The number of nitrogens with two attached hydrogens (primary N) is 1. The van der Waals surface area contributed by atoms with Crippen LogP contribution in [0.1, 0.15) is 37.5 Å². The molecule has 0 aliphatic heterocycles. The van der Waals surface area contributed by atoms with Crippen LogP contribution in [0.4, 0.5) is 4.39 Å². The van der Waals surface area contributed by atoms with Crippen LogP contribution in [0.25, 0.3) is 0 Å². The van der Waals surface area contributed by atoms with Crippen LogP contribution < -0.4 is 5.73 Å². The lowest BCUT2D eigenvalue weighted by Gasteiger charge is -2.26. The lowest BCUT2D eigenvalue weighted by Crippen LogP contribution is -2.35. The molecule has 0 radical (unpaired) electrons. The molecule has 1 unspecified atom stereocenters. The van der Waals surface area contributed by atoms with E-state index in [1.54, 1.807) is 12.1 Å². The van der Waals surface area contributed by atoms with Gasteiger partial charge in [-0.3, -0.25) is 0 Å². The third kappa shape index (κ3) is 4.15. The Kier molecular flexibility index (Phi) is 4.79. The minimum Gasteiger partial charge on any atom is -0.321 e. The Bertz CT molecular complexity index is 602. The quantitative estimate of drug-likeness (QED) is 0.863. The van der Waals surface area contributed by atoms with Crippen molar-refractivity contribution in [3.8, 4) is 0 Å². The number of hydrogen-bond donors (Lipinski definition) is 1. The van der Waals surface area contributed by atoms with Gasteiger partial charge in [0.05, 0.1) is 0 Å².